The van der Waals surface area contributed by atoms with Crippen LogP contribution in [-0.4, -0.2) is 53.1 Å². The summed E-state index contributed by atoms with van der Waals surface area (Å²) in [7, 11) is 0. The van der Waals surface area contributed by atoms with Crippen LogP contribution in [0.1, 0.15) is 40.0 Å². The third-order valence-corrected chi connectivity index (χ3v) is 3.20. The average Bonchev–Trinajstić information content (AvgIpc) is 2.36. The van der Waals surface area contributed by atoms with Gasteiger partial charge in [0.1, 0.15) is 0 Å². The van der Waals surface area contributed by atoms with Crippen LogP contribution < -0.4 is 10.6 Å². The minimum Gasteiger partial charge on any atom is -0.481 e. The SMILES string of the molecule is CC(C)(C)NC(=O)CCNC(=O)N1CCC[C@@H](C(=O)O)C1. The van der Waals surface area contributed by atoms with E-state index in [0.717, 1.165) is 0 Å². The van der Waals surface area contributed by atoms with Crippen LogP contribution in [0.4, 0.5) is 4.79 Å². The van der Waals surface area contributed by atoms with E-state index >= 15 is 0 Å². The Balaban J connectivity index is 2.30. The van der Waals surface area contributed by atoms with Crippen LogP contribution in [0.5, 0.6) is 0 Å². The number of carbonyl (C=O) groups excluding carboxylic acids is 2. The van der Waals surface area contributed by atoms with Crippen molar-refractivity contribution in [3.63, 3.8) is 0 Å². The van der Waals surface area contributed by atoms with E-state index in [-0.39, 0.29) is 37.0 Å². The van der Waals surface area contributed by atoms with Crippen LogP contribution in [0.2, 0.25) is 0 Å². The zero-order chi connectivity index (χ0) is 16.0. The van der Waals surface area contributed by atoms with Crippen molar-refractivity contribution in [3.8, 4) is 0 Å². The Kier molecular flexibility index (Phi) is 5.99. The number of hydrogen-bond acceptors (Lipinski definition) is 3. The second kappa shape index (κ2) is 7.28. The molecule has 0 radical (unpaired) electrons. The Labute approximate surface area is 125 Å². The van der Waals surface area contributed by atoms with Crippen LogP contribution >= 0.6 is 0 Å². The maximum Gasteiger partial charge on any atom is 0.317 e. The monoisotopic (exact) mass is 299 g/mol. The molecule has 1 aliphatic rings. The first-order valence-electron chi connectivity index (χ1n) is 7.25. The van der Waals surface area contributed by atoms with Crippen LogP contribution in [0, 0.1) is 5.92 Å². The quantitative estimate of drug-likeness (QED) is 0.715. The van der Waals surface area contributed by atoms with Gasteiger partial charge in [-0.05, 0) is 33.6 Å². The number of rotatable bonds is 4. The van der Waals surface area contributed by atoms with Gasteiger partial charge < -0.3 is 20.6 Å². The minimum atomic E-state index is -0.864. The number of urea groups is 1. The standard InChI is InChI=1S/C14H25N3O4/c1-14(2,3)16-11(18)6-7-15-13(21)17-8-4-5-10(9-17)12(19)20/h10H,4-9H2,1-3H3,(H,15,21)(H,16,18)(H,19,20)/t10-/m1/s1. The van der Waals surface area contributed by atoms with E-state index in [0.29, 0.717) is 19.4 Å². The predicted octanol–water partition coefficient (Wildman–Crippen LogP) is 0.797. The van der Waals surface area contributed by atoms with Gasteiger partial charge in [0, 0.05) is 31.6 Å². The fourth-order valence-corrected chi connectivity index (χ4v) is 2.24. The molecule has 0 aromatic rings. The van der Waals surface area contributed by atoms with Crippen molar-refractivity contribution in [1.82, 2.24) is 15.5 Å². The molecule has 0 aromatic carbocycles. The normalized spacial score (nSPS) is 19.0. The largest absolute Gasteiger partial charge is 0.481 e. The van der Waals surface area contributed by atoms with Crippen LogP contribution in [0.25, 0.3) is 0 Å². The van der Waals surface area contributed by atoms with Gasteiger partial charge in [-0.15, -0.1) is 0 Å². The van der Waals surface area contributed by atoms with Gasteiger partial charge in [-0.3, -0.25) is 9.59 Å². The highest BCUT2D eigenvalue weighted by Gasteiger charge is 2.28. The molecule has 1 fully saturated rings. The van der Waals surface area contributed by atoms with Gasteiger partial charge in [-0.2, -0.15) is 0 Å². The van der Waals surface area contributed by atoms with Crippen molar-refractivity contribution < 1.29 is 19.5 Å². The van der Waals surface area contributed by atoms with Gasteiger partial charge in [-0.1, -0.05) is 0 Å². The fraction of sp³-hybridized carbons (Fsp3) is 0.786. The van der Waals surface area contributed by atoms with Crippen LogP contribution in [-0.2, 0) is 9.59 Å². The first-order chi connectivity index (χ1) is 9.69. The fourth-order valence-electron chi connectivity index (χ4n) is 2.24. The third kappa shape index (κ3) is 6.46. The lowest BCUT2D eigenvalue weighted by Gasteiger charge is -2.30. The average molecular weight is 299 g/mol. The van der Waals surface area contributed by atoms with Crippen LogP contribution in [0.15, 0.2) is 0 Å². The number of likely N-dealkylation sites (tertiary alicyclic amines) is 1. The highest BCUT2D eigenvalue weighted by atomic mass is 16.4. The third-order valence-electron chi connectivity index (χ3n) is 3.20. The molecule has 0 unspecified atom stereocenters. The number of carboxylic acid groups (broad SMARTS) is 1. The maximum atomic E-state index is 11.9. The number of nitrogens with one attached hydrogen (secondary N) is 2. The Morgan fingerprint density at radius 3 is 2.52 bits per heavy atom. The van der Waals surface area contributed by atoms with E-state index < -0.39 is 11.9 Å². The van der Waals surface area contributed by atoms with Crippen molar-refractivity contribution in [3.05, 3.63) is 0 Å². The highest BCUT2D eigenvalue weighted by Crippen LogP contribution is 2.16. The Bertz CT molecular complexity index is 404. The van der Waals surface area contributed by atoms with Crippen molar-refractivity contribution >= 4 is 17.9 Å². The molecule has 7 nitrogen and oxygen atoms in total. The first kappa shape index (κ1) is 17.3. The van der Waals surface area contributed by atoms with E-state index in [2.05, 4.69) is 10.6 Å². The van der Waals surface area contributed by atoms with Gasteiger partial charge in [0.15, 0.2) is 0 Å². The lowest BCUT2D eigenvalue weighted by atomic mass is 9.99. The van der Waals surface area contributed by atoms with E-state index in [1.165, 1.54) is 4.90 Å². The second-order valence-electron chi connectivity index (χ2n) is 6.40. The summed E-state index contributed by atoms with van der Waals surface area (Å²) < 4.78 is 0. The molecule has 0 aliphatic carbocycles. The lowest BCUT2D eigenvalue weighted by molar-refractivity contribution is -0.143. The van der Waals surface area contributed by atoms with Crippen LogP contribution in [0.3, 0.4) is 0 Å². The second-order valence-corrected chi connectivity index (χ2v) is 6.40. The molecular formula is C14H25N3O4. The molecule has 0 spiro atoms. The van der Waals surface area contributed by atoms with E-state index in [4.69, 9.17) is 5.11 Å². The van der Waals surface area contributed by atoms with Gasteiger partial charge in [-0.25, -0.2) is 4.79 Å². The molecule has 0 bridgehead atoms. The number of amides is 3. The molecule has 1 heterocycles. The zero-order valence-electron chi connectivity index (χ0n) is 12.9. The summed E-state index contributed by atoms with van der Waals surface area (Å²) in [4.78, 5) is 36.0. The Morgan fingerprint density at radius 2 is 1.95 bits per heavy atom. The summed E-state index contributed by atoms with van der Waals surface area (Å²) in [5.74, 6) is -1.48. The van der Waals surface area contributed by atoms with Crippen molar-refractivity contribution in [2.45, 2.75) is 45.6 Å². The molecule has 0 aromatic heterocycles. The number of piperidine rings is 1. The number of aliphatic carboxylic acids is 1. The minimum absolute atomic E-state index is 0.121. The number of hydrogen-bond donors (Lipinski definition) is 3. The number of carboxylic acids is 1. The van der Waals surface area contributed by atoms with Gasteiger partial charge >= 0.3 is 12.0 Å². The van der Waals surface area contributed by atoms with E-state index in [9.17, 15) is 14.4 Å². The molecule has 3 N–H and O–H groups in total. The summed E-state index contributed by atoms with van der Waals surface area (Å²) in [5, 5.41) is 14.5. The molecule has 1 saturated heterocycles. The molecule has 1 aliphatic heterocycles. The molecule has 1 atom stereocenters. The molecule has 120 valence electrons. The van der Waals surface area contributed by atoms with E-state index in [1.807, 2.05) is 20.8 Å². The van der Waals surface area contributed by atoms with E-state index in [1.54, 1.807) is 0 Å². The van der Waals surface area contributed by atoms with Crippen molar-refractivity contribution in [2.75, 3.05) is 19.6 Å². The number of nitrogens with zero attached hydrogens (tertiary/aromatic N) is 1. The van der Waals surface area contributed by atoms with Gasteiger partial charge in [0.05, 0.1) is 5.92 Å². The zero-order valence-corrected chi connectivity index (χ0v) is 12.9. The first-order valence-corrected chi connectivity index (χ1v) is 7.25. The molecular weight excluding hydrogens is 274 g/mol. The smallest absolute Gasteiger partial charge is 0.317 e. The molecule has 21 heavy (non-hydrogen) atoms. The van der Waals surface area contributed by atoms with Gasteiger partial charge in [0.25, 0.3) is 0 Å². The molecule has 7 heteroatoms. The maximum absolute atomic E-state index is 11.9. The summed E-state index contributed by atoms with van der Waals surface area (Å²) in [6.45, 7) is 6.71. The van der Waals surface area contributed by atoms with Gasteiger partial charge in [0.2, 0.25) is 5.91 Å². The predicted molar refractivity (Wildman–Crippen MR) is 77.8 cm³/mol. The summed E-state index contributed by atoms with van der Waals surface area (Å²) in [6.07, 6.45) is 1.50. The molecule has 0 saturated carbocycles. The molecule has 3 amide bonds. The van der Waals surface area contributed by atoms with Crippen molar-refractivity contribution in [1.29, 1.82) is 0 Å². The van der Waals surface area contributed by atoms with Crippen molar-refractivity contribution in [2.24, 2.45) is 5.92 Å². The Morgan fingerprint density at radius 1 is 1.29 bits per heavy atom. The topological polar surface area (TPSA) is 98.7 Å². The summed E-state index contributed by atoms with van der Waals surface area (Å²) in [5.41, 5.74) is -0.289. The highest BCUT2D eigenvalue weighted by molar-refractivity contribution is 5.79. The number of carbonyl (C=O) groups is 3. The lowest BCUT2D eigenvalue weighted by Crippen LogP contribution is -2.48. The summed E-state index contributed by atoms with van der Waals surface area (Å²) in [6, 6.07) is -0.301. The Hall–Kier alpha value is -1.79. The summed E-state index contributed by atoms with van der Waals surface area (Å²) >= 11 is 0. The molecule has 1 rings (SSSR count).